The minimum Gasteiger partial charge on any atom is -0.494 e. The number of hydrogen-bond acceptors (Lipinski definition) is 5. The van der Waals surface area contributed by atoms with E-state index in [1.165, 1.54) is 4.90 Å². The summed E-state index contributed by atoms with van der Waals surface area (Å²) in [6.45, 7) is 4.42. The summed E-state index contributed by atoms with van der Waals surface area (Å²) < 4.78 is 33.2. The largest absolute Gasteiger partial charge is 0.494 e. The van der Waals surface area contributed by atoms with Crippen LogP contribution in [0.15, 0.2) is 83.3 Å². The molecule has 0 radical (unpaired) electrons. The maximum absolute atomic E-state index is 14.0. The van der Waals surface area contributed by atoms with Crippen molar-refractivity contribution in [2.45, 2.75) is 39.3 Å². The quantitative estimate of drug-likeness (QED) is 0.277. The second-order valence-corrected chi connectivity index (χ2v) is 12.2. The molecule has 0 aromatic heterocycles. The molecular weight excluding hydrogens is 594 g/mol. The Bertz CT molecular complexity index is 1350. The highest BCUT2D eigenvalue weighted by molar-refractivity contribution is 9.10. The number of amides is 2. The first kappa shape index (κ1) is 31.2. The van der Waals surface area contributed by atoms with Crippen molar-refractivity contribution in [1.82, 2.24) is 10.2 Å². The first-order valence-corrected chi connectivity index (χ1v) is 15.8. The maximum Gasteiger partial charge on any atom is 0.244 e. The summed E-state index contributed by atoms with van der Waals surface area (Å²) in [4.78, 5) is 29.0. The molecule has 214 valence electrons. The van der Waals surface area contributed by atoms with Gasteiger partial charge in [0.2, 0.25) is 21.8 Å². The second-order valence-electron chi connectivity index (χ2n) is 9.34. The van der Waals surface area contributed by atoms with Gasteiger partial charge in [0, 0.05) is 24.0 Å². The van der Waals surface area contributed by atoms with Gasteiger partial charge in [-0.05, 0) is 60.9 Å². The number of hydrogen-bond donors (Lipinski definition) is 1. The minimum absolute atomic E-state index is 0.129. The zero-order chi connectivity index (χ0) is 29.1. The van der Waals surface area contributed by atoms with E-state index in [9.17, 15) is 18.0 Å². The van der Waals surface area contributed by atoms with E-state index in [1.807, 2.05) is 68.4 Å². The van der Waals surface area contributed by atoms with E-state index in [-0.39, 0.29) is 18.9 Å². The number of nitrogens with one attached hydrogen (secondary N) is 1. The highest BCUT2D eigenvalue weighted by atomic mass is 79.9. The van der Waals surface area contributed by atoms with Gasteiger partial charge < -0.3 is 15.0 Å². The van der Waals surface area contributed by atoms with Crippen molar-refractivity contribution in [1.29, 1.82) is 0 Å². The van der Waals surface area contributed by atoms with Gasteiger partial charge in [0.05, 0.1) is 18.6 Å². The molecule has 0 heterocycles. The fourth-order valence-corrected chi connectivity index (χ4v) is 5.31. The van der Waals surface area contributed by atoms with E-state index in [4.69, 9.17) is 4.74 Å². The average molecular weight is 631 g/mol. The lowest BCUT2D eigenvalue weighted by Crippen LogP contribution is -2.53. The molecule has 0 fully saturated rings. The Labute approximate surface area is 245 Å². The molecule has 0 spiro atoms. The molecule has 0 aliphatic carbocycles. The van der Waals surface area contributed by atoms with E-state index in [1.54, 1.807) is 24.3 Å². The van der Waals surface area contributed by atoms with Crippen LogP contribution in [0.25, 0.3) is 0 Å². The van der Waals surface area contributed by atoms with Gasteiger partial charge in [0.1, 0.15) is 18.3 Å². The average Bonchev–Trinajstić information content (AvgIpc) is 2.94. The Morgan fingerprint density at radius 3 is 2.15 bits per heavy atom. The molecule has 0 saturated heterocycles. The van der Waals surface area contributed by atoms with Crippen LogP contribution in [0.2, 0.25) is 0 Å². The third-order valence-corrected chi connectivity index (χ3v) is 7.87. The van der Waals surface area contributed by atoms with Gasteiger partial charge in [-0.2, -0.15) is 0 Å². The predicted octanol–water partition coefficient (Wildman–Crippen LogP) is 4.78. The number of benzene rings is 3. The van der Waals surface area contributed by atoms with Crippen molar-refractivity contribution < 1.29 is 22.7 Å². The SMILES string of the molecule is CCCNC(=O)[C@H](Cc1ccccc1)N(Cc1ccc(Br)cc1)C(=O)CN(c1ccc(OCC)cc1)S(C)(=O)=O. The predicted molar refractivity (Wildman–Crippen MR) is 162 cm³/mol. The molecular formula is C30H36BrN3O5S. The van der Waals surface area contributed by atoms with Crippen LogP contribution < -0.4 is 14.4 Å². The van der Waals surface area contributed by atoms with E-state index in [2.05, 4.69) is 21.2 Å². The van der Waals surface area contributed by atoms with Gasteiger partial charge in [0.25, 0.3) is 0 Å². The third kappa shape index (κ3) is 9.09. The smallest absolute Gasteiger partial charge is 0.244 e. The van der Waals surface area contributed by atoms with Crippen LogP contribution in [0.5, 0.6) is 5.75 Å². The first-order chi connectivity index (χ1) is 19.1. The summed E-state index contributed by atoms with van der Waals surface area (Å²) in [5, 5.41) is 2.93. The van der Waals surface area contributed by atoms with Crippen molar-refractivity contribution in [3.63, 3.8) is 0 Å². The van der Waals surface area contributed by atoms with Crippen molar-refractivity contribution >= 4 is 43.5 Å². The monoisotopic (exact) mass is 629 g/mol. The van der Waals surface area contributed by atoms with Crippen LogP contribution in [0.3, 0.4) is 0 Å². The molecule has 0 unspecified atom stereocenters. The lowest BCUT2D eigenvalue weighted by molar-refractivity contribution is -0.140. The normalized spacial score (nSPS) is 11.9. The van der Waals surface area contributed by atoms with E-state index >= 15 is 0 Å². The lowest BCUT2D eigenvalue weighted by Gasteiger charge is -2.33. The Kier molecular flexibility index (Phi) is 11.6. The van der Waals surface area contributed by atoms with Crippen LogP contribution in [-0.4, -0.2) is 57.1 Å². The van der Waals surface area contributed by atoms with Gasteiger partial charge >= 0.3 is 0 Å². The number of carbonyl (C=O) groups excluding carboxylic acids is 2. The molecule has 40 heavy (non-hydrogen) atoms. The van der Waals surface area contributed by atoms with Crippen LogP contribution in [0.1, 0.15) is 31.4 Å². The summed E-state index contributed by atoms with van der Waals surface area (Å²) in [5.41, 5.74) is 2.03. The number of rotatable bonds is 14. The van der Waals surface area contributed by atoms with Crippen LogP contribution >= 0.6 is 15.9 Å². The summed E-state index contributed by atoms with van der Waals surface area (Å²) in [6.07, 6.45) is 2.08. The minimum atomic E-state index is -3.83. The molecule has 0 saturated carbocycles. The lowest BCUT2D eigenvalue weighted by atomic mass is 10.0. The molecule has 0 aliphatic heterocycles. The van der Waals surface area contributed by atoms with E-state index < -0.39 is 28.5 Å². The molecule has 1 N–H and O–H groups in total. The zero-order valence-electron chi connectivity index (χ0n) is 23.0. The number of halogens is 1. The van der Waals surface area contributed by atoms with Crippen molar-refractivity contribution in [3.05, 3.63) is 94.5 Å². The van der Waals surface area contributed by atoms with Crippen LogP contribution in [0.4, 0.5) is 5.69 Å². The molecule has 3 rings (SSSR count). The Balaban J connectivity index is 2.01. The van der Waals surface area contributed by atoms with Crippen molar-refractivity contribution in [2.75, 3.05) is 30.3 Å². The van der Waals surface area contributed by atoms with Crippen LogP contribution in [0, 0.1) is 0 Å². The number of ether oxygens (including phenoxy) is 1. The van der Waals surface area contributed by atoms with E-state index in [0.717, 1.165) is 32.6 Å². The summed E-state index contributed by atoms with van der Waals surface area (Å²) in [5.74, 6) is -0.184. The summed E-state index contributed by atoms with van der Waals surface area (Å²) in [6, 6.07) is 22.6. The molecule has 0 aliphatic rings. The summed E-state index contributed by atoms with van der Waals surface area (Å²) in [7, 11) is -3.83. The Hall–Kier alpha value is -3.37. The topological polar surface area (TPSA) is 96.0 Å². The van der Waals surface area contributed by atoms with Gasteiger partial charge in [-0.15, -0.1) is 0 Å². The molecule has 3 aromatic rings. The fourth-order valence-electron chi connectivity index (χ4n) is 4.20. The number of nitrogens with zero attached hydrogens (tertiary/aromatic N) is 2. The van der Waals surface area contributed by atoms with Crippen LogP contribution in [-0.2, 0) is 32.6 Å². The number of anilines is 1. The fraction of sp³-hybridized carbons (Fsp3) is 0.333. The zero-order valence-corrected chi connectivity index (χ0v) is 25.4. The molecule has 2 amide bonds. The highest BCUT2D eigenvalue weighted by Crippen LogP contribution is 2.23. The van der Waals surface area contributed by atoms with Gasteiger partial charge in [-0.3, -0.25) is 13.9 Å². The van der Waals surface area contributed by atoms with Crippen molar-refractivity contribution in [2.24, 2.45) is 0 Å². The highest BCUT2D eigenvalue weighted by Gasteiger charge is 2.33. The maximum atomic E-state index is 14.0. The van der Waals surface area contributed by atoms with Gasteiger partial charge in [-0.25, -0.2) is 8.42 Å². The van der Waals surface area contributed by atoms with Gasteiger partial charge in [0.15, 0.2) is 0 Å². The Morgan fingerprint density at radius 2 is 1.57 bits per heavy atom. The molecule has 8 nitrogen and oxygen atoms in total. The van der Waals surface area contributed by atoms with E-state index in [0.29, 0.717) is 24.6 Å². The molecule has 3 aromatic carbocycles. The molecule has 1 atom stereocenters. The number of carbonyl (C=O) groups is 2. The number of sulfonamides is 1. The van der Waals surface area contributed by atoms with Crippen molar-refractivity contribution in [3.8, 4) is 5.75 Å². The third-order valence-electron chi connectivity index (χ3n) is 6.20. The summed E-state index contributed by atoms with van der Waals surface area (Å²) >= 11 is 3.43. The Morgan fingerprint density at radius 1 is 0.925 bits per heavy atom. The molecule has 0 bridgehead atoms. The first-order valence-electron chi connectivity index (χ1n) is 13.2. The molecule has 10 heteroatoms. The standard InChI is InChI=1S/C30H36BrN3O5S/c1-4-19-32-30(36)28(20-23-9-7-6-8-10-23)33(21-24-11-13-25(31)14-12-24)29(35)22-34(40(3,37)38)26-15-17-27(18-16-26)39-5-2/h6-18,28H,4-5,19-22H2,1-3H3,(H,32,36)/t28-/m0/s1. The van der Waals surface area contributed by atoms with Gasteiger partial charge in [-0.1, -0.05) is 65.3 Å². The second kappa shape index (κ2) is 14.9.